The summed E-state index contributed by atoms with van der Waals surface area (Å²) in [7, 11) is 1.86. The summed E-state index contributed by atoms with van der Waals surface area (Å²) in [4.78, 5) is 13.3. The second-order valence-electron chi connectivity index (χ2n) is 6.51. The fraction of sp³-hybridized carbons (Fsp3) is 0.200. The molecule has 1 heterocycles. The third-order valence-corrected chi connectivity index (χ3v) is 5.03. The van der Waals surface area contributed by atoms with E-state index in [1.807, 2.05) is 48.6 Å². The van der Waals surface area contributed by atoms with Gasteiger partial charge < -0.3 is 10.6 Å². The number of aromatic amines is 1. The van der Waals surface area contributed by atoms with Crippen molar-refractivity contribution in [1.82, 2.24) is 19.8 Å². The normalized spacial score (nSPS) is 11.6. The molecule has 2 aromatic carbocycles. The van der Waals surface area contributed by atoms with Crippen LogP contribution in [-0.2, 0) is 4.79 Å². The van der Waals surface area contributed by atoms with E-state index in [1.165, 1.54) is 11.9 Å². The Morgan fingerprint density at radius 2 is 2.14 bits per heavy atom. The molecule has 4 N–H and O–H groups in total. The van der Waals surface area contributed by atoms with Crippen molar-refractivity contribution in [2.45, 2.75) is 11.8 Å². The third kappa shape index (κ3) is 5.90. The van der Waals surface area contributed by atoms with Gasteiger partial charge in [0.15, 0.2) is 0 Å². The molecule has 0 radical (unpaired) electrons. The predicted octanol–water partition coefficient (Wildman–Crippen LogP) is 3.91. The molecule has 29 heavy (non-hydrogen) atoms. The van der Waals surface area contributed by atoms with Gasteiger partial charge in [-0.05, 0) is 55.7 Å². The van der Waals surface area contributed by atoms with Gasteiger partial charge in [0.25, 0.3) is 0 Å². The molecule has 9 heteroatoms. The fourth-order valence-corrected chi connectivity index (χ4v) is 3.72. The first-order valence-electron chi connectivity index (χ1n) is 9.03. The monoisotopic (exact) mass is 409 g/mol. The molecule has 0 aliphatic carbocycles. The highest BCUT2D eigenvalue weighted by Gasteiger charge is 2.12. The molecule has 0 spiro atoms. The zero-order valence-electron chi connectivity index (χ0n) is 16.3. The number of aromatic nitrogens is 2. The summed E-state index contributed by atoms with van der Waals surface area (Å²) >= 11 is 1.48. The van der Waals surface area contributed by atoms with Gasteiger partial charge in [-0.25, -0.2) is 9.84 Å². The molecule has 0 saturated carbocycles. The van der Waals surface area contributed by atoms with Gasteiger partial charge in [-0.15, -0.1) is 0 Å². The third-order valence-electron chi connectivity index (χ3n) is 4.07. The highest BCUT2D eigenvalue weighted by Crippen LogP contribution is 2.29. The topological polar surface area (TPSA) is 109 Å². The van der Waals surface area contributed by atoms with Gasteiger partial charge in [-0.2, -0.15) is 10.2 Å². The van der Waals surface area contributed by atoms with Crippen LogP contribution in [-0.4, -0.2) is 40.5 Å². The smallest absolute Gasteiger partial charge is 0.235 e. The van der Waals surface area contributed by atoms with Crippen LogP contribution in [0, 0.1) is 12.5 Å². The van der Waals surface area contributed by atoms with E-state index in [-0.39, 0.29) is 19.0 Å². The van der Waals surface area contributed by atoms with Crippen LogP contribution in [0.2, 0.25) is 0 Å². The number of carbonyl (C=O) groups excluding carboxylic acids is 1. The number of aryl methyl sites for hydroxylation is 1. The van der Waals surface area contributed by atoms with Crippen molar-refractivity contribution >= 4 is 34.4 Å². The van der Waals surface area contributed by atoms with Gasteiger partial charge in [-0.3, -0.25) is 9.89 Å². The number of rotatable bonds is 9. The van der Waals surface area contributed by atoms with Crippen molar-refractivity contribution in [3.05, 3.63) is 66.1 Å². The average molecular weight is 410 g/mol. The molecule has 0 saturated heterocycles. The lowest BCUT2D eigenvalue weighted by atomic mass is 10.2. The van der Waals surface area contributed by atoms with E-state index in [4.69, 9.17) is 5.53 Å². The molecule has 1 amide bonds. The number of hydrogen-bond donors (Lipinski definition) is 4. The van der Waals surface area contributed by atoms with Crippen LogP contribution in [0.3, 0.4) is 0 Å². The first-order chi connectivity index (χ1) is 14.0. The largest absolute Gasteiger partial charge is 0.360 e. The lowest BCUT2D eigenvalue weighted by molar-refractivity contribution is -0.120. The van der Waals surface area contributed by atoms with Crippen LogP contribution in [0.25, 0.3) is 10.9 Å². The lowest BCUT2D eigenvalue weighted by Gasteiger charge is -2.16. The number of carbonyl (C=O) groups is 1. The molecular weight excluding hydrogens is 386 g/mol. The molecule has 0 atom stereocenters. The van der Waals surface area contributed by atoms with Crippen LogP contribution < -0.4 is 10.6 Å². The number of para-hydroxylation sites is 1. The highest BCUT2D eigenvalue weighted by atomic mass is 32.2. The number of amides is 1. The van der Waals surface area contributed by atoms with Crippen LogP contribution in [0.4, 0.5) is 5.69 Å². The number of hydrogen-bond acceptors (Lipinski definition) is 7. The number of nitrogens with one attached hydrogen (secondary N) is 4. The zero-order chi connectivity index (χ0) is 20.6. The van der Waals surface area contributed by atoms with E-state index in [0.717, 1.165) is 27.0 Å². The van der Waals surface area contributed by atoms with Gasteiger partial charge >= 0.3 is 0 Å². The predicted molar refractivity (Wildman–Crippen MR) is 116 cm³/mol. The molecule has 3 rings (SSSR count). The van der Waals surface area contributed by atoms with Gasteiger partial charge in [0, 0.05) is 22.2 Å². The van der Waals surface area contributed by atoms with Crippen molar-refractivity contribution in [3.63, 3.8) is 0 Å². The quantitative estimate of drug-likeness (QED) is 0.316. The van der Waals surface area contributed by atoms with Crippen molar-refractivity contribution in [1.29, 1.82) is 5.53 Å². The van der Waals surface area contributed by atoms with Gasteiger partial charge in [0.2, 0.25) is 5.91 Å². The average Bonchev–Trinajstić information content (AvgIpc) is 3.17. The SMILES string of the molecule is Cc1cc(SN(C)CC(=O)NC/C(=C/Nc2ccccc2)N=N)c2[nH]ncc2c1. The molecule has 0 aliphatic rings. The summed E-state index contributed by atoms with van der Waals surface area (Å²) in [5.41, 5.74) is 10.7. The van der Waals surface area contributed by atoms with E-state index >= 15 is 0 Å². The van der Waals surface area contributed by atoms with Crippen molar-refractivity contribution in [2.24, 2.45) is 5.11 Å². The molecule has 0 aliphatic heterocycles. The number of anilines is 1. The summed E-state index contributed by atoms with van der Waals surface area (Å²) in [5, 5.41) is 17.5. The van der Waals surface area contributed by atoms with Gasteiger partial charge in [0.05, 0.1) is 30.5 Å². The molecular formula is C20H23N7OS. The van der Waals surface area contributed by atoms with Crippen LogP contribution >= 0.6 is 11.9 Å². The number of likely N-dealkylation sites (N-methyl/N-ethyl adjacent to an activating group) is 1. The van der Waals surface area contributed by atoms with E-state index in [9.17, 15) is 4.79 Å². The number of benzene rings is 2. The Morgan fingerprint density at radius 3 is 2.90 bits per heavy atom. The summed E-state index contributed by atoms with van der Waals surface area (Å²) in [6.45, 7) is 2.41. The Bertz CT molecular complexity index is 1020. The van der Waals surface area contributed by atoms with Crippen molar-refractivity contribution in [2.75, 3.05) is 25.5 Å². The van der Waals surface area contributed by atoms with E-state index in [1.54, 1.807) is 12.4 Å². The minimum atomic E-state index is -0.150. The maximum atomic E-state index is 12.3. The van der Waals surface area contributed by atoms with Crippen molar-refractivity contribution < 1.29 is 4.79 Å². The zero-order valence-corrected chi connectivity index (χ0v) is 17.1. The summed E-state index contributed by atoms with van der Waals surface area (Å²) in [5.74, 6) is -0.150. The Labute approximate surface area is 173 Å². The number of fused-ring (bicyclic) bond motifs is 1. The molecule has 3 aromatic rings. The van der Waals surface area contributed by atoms with Crippen LogP contribution in [0.15, 0.2) is 70.6 Å². The molecule has 0 unspecified atom stereocenters. The Balaban J connectivity index is 1.51. The molecule has 1 aromatic heterocycles. The number of H-pyrrole nitrogens is 1. The van der Waals surface area contributed by atoms with Gasteiger partial charge in [0.1, 0.15) is 0 Å². The Kier molecular flexibility index (Phi) is 6.99. The van der Waals surface area contributed by atoms with E-state index in [2.05, 4.69) is 38.1 Å². The Hall–Kier alpha value is -3.17. The van der Waals surface area contributed by atoms with E-state index in [0.29, 0.717) is 5.70 Å². The van der Waals surface area contributed by atoms with Crippen LogP contribution in [0.5, 0.6) is 0 Å². The summed E-state index contributed by atoms with van der Waals surface area (Å²) < 4.78 is 1.85. The second kappa shape index (κ2) is 9.85. The van der Waals surface area contributed by atoms with Crippen LogP contribution in [0.1, 0.15) is 5.56 Å². The summed E-state index contributed by atoms with van der Waals surface area (Å²) in [6.07, 6.45) is 3.41. The number of nitrogens with zero attached hydrogens (tertiary/aromatic N) is 3. The molecule has 0 bridgehead atoms. The Morgan fingerprint density at radius 1 is 1.34 bits per heavy atom. The minimum absolute atomic E-state index is 0.150. The maximum Gasteiger partial charge on any atom is 0.235 e. The summed E-state index contributed by atoms with van der Waals surface area (Å²) in [6, 6.07) is 13.7. The van der Waals surface area contributed by atoms with Crippen molar-refractivity contribution in [3.8, 4) is 0 Å². The second-order valence-corrected chi connectivity index (χ2v) is 7.75. The molecule has 150 valence electrons. The van der Waals surface area contributed by atoms with Gasteiger partial charge in [-0.1, -0.05) is 18.2 Å². The molecule has 0 fully saturated rings. The highest BCUT2D eigenvalue weighted by molar-refractivity contribution is 7.97. The van der Waals surface area contributed by atoms with E-state index < -0.39 is 0 Å². The first kappa shape index (κ1) is 20.6. The first-order valence-corrected chi connectivity index (χ1v) is 9.80. The standard InChI is InChI=1S/C20H23N7OS/c1-14-8-15-10-24-26-20(15)18(9-14)29-27(2)13-19(28)23-12-17(25-21)11-22-16-6-4-3-5-7-16/h3-11,21-22H,12-13H2,1-2H3,(H,23,28)(H,24,26)/b17-11-,25-21?. The minimum Gasteiger partial charge on any atom is -0.360 e. The molecule has 8 nitrogen and oxygen atoms in total. The lowest BCUT2D eigenvalue weighted by Crippen LogP contribution is -2.33. The fourth-order valence-electron chi connectivity index (χ4n) is 2.71. The maximum absolute atomic E-state index is 12.3.